The highest BCUT2D eigenvalue weighted by Crippen LogP contribution is 1.89. The van der Waals surface area contributed by atoms with E-state index in [0.29, 0.717) is 12.8 Å². The molecule has 0 bridgehead atoms. The van der Waals surface area contributed by atoms with Gasteiger partial charge in [0.25, 0.3) is 0 Å². The number of nitrogens with two attached hydrogens (primary N) is 1. The molecule has 0 rings (SSSR count). The van der Waals surface area contributed by atoms with Crippen LogP contribution < -0.4 is 11.1 Å². The molecule has 0 fully saturated rings. The number of hydrogen-bond acceptors (Lipinski definition) is 4. The minimum absolute atomic E-state index is 0.332. The lowest BCUT2D eigenvalue weighted by Gasteiger charge is -2.13. The van der Waals surface area contributed by atoms with Gasteiger partial charge in [-0.3, -0.25) is 0 Å². The van der Waals surface area contributed by atoms with Gasteiger partial charge < -0.3 is 25.0 Å². The molecular weight excluding hydrogens is 192 g/mol. The number of amides is 2. The Morgan fingerprint density at radius 2 is 2.15 bits per heavy atom. The van der Waals surface area contributed by atoms with E-state index in [4.69, 9.17) is 19.6 Å². The van der Waals surface area contributed by atoms with Crippen LogP contribution in [-0.4, -0.2) is 49.1 Å². The third kappa shape index (κ3) is 7.72. The van der Waals surface area contributed by atoms with Crippen LogP contribution in [0.25, 0.3) is 0 Å². The zero-order valence-corrected chi connectivity index (χ0v) is 9.32. The van der Waals surface area contributed by atoms with Gasteiger partial charge in [0.15, 0.2) is 16.1 Å². The van der Waals surface area contributed by atoms with Crippen LogP contribution in [0.15, 0.2) is 0 Å². The Hall–Kier alpha value is -0.633. The zero-order chi connectivity index (χ0) is 10.1. The standard InChI is InChI=1S/C6H16N2O4Si/c1-10-5(11-2)3-12-13-4-8-6(7)9/h5H,3-4,13H2,1-2H3,(H3,7,8,9). The maximum absolute atomic E-state index is 10.2. The molecule has 0 aliphatic heterocycles. The number of methoxy groups -OCH3 is 2. The third-order valence-corrected chi connectivity index (χ3v) is 2.30. The van der Waals surface area contributed by atoms with Crippen LogP contribution >= 0.6 is 0 Å². The first-order valence-corrected chi connectivity index (χ1v) is 5.45. The second-order valence-corrected chi connectivity index (χ2v) is 3.58. The number of urea groups is 1. The summed E-state index contributed by atoms with van der Waals surface area (Å²) in [5.74, 6) is 0. The smallest absolute Gasteiger partial charge is 0.311 e. The fraction of sp³-hybridized carbons (Fsp3) is 0.833. The van der Waals surface area contributed by atoms with Crippen molar-refractivity contribution in [1.82, 2.24) is 5.32 Å². The van der Waals surface area contributed by atoms with Crippen LogP contribution in [0.4, 0.5) is 4.79 Å². The molecule has 0 saturated carbocycles. The molecule has 0 spiro atoms. The van der Waals surface area contributed by atoms with Crippen molar-refractivity contribution in [2.24, 2.45) is 5.73 Å². The van der Waals surface area contributed by atoms with E-state index < -0.39 is 15.8 Å². The molecule has 0 heterocycles. The molecule has 0 saturated heterocycles. The topological polar surface area (TPSA) is 82.8 Å². The van der Waals surface area contributed by atoms with Gasteiger partial charge in [0.05, 0.1) is 6.61 Å². The van der Waals surface area contributed by atoms with Gasteiger partial charge in [-0.15, -0.1) is 0 Å². The summed E-state index contributed by atoms with van der Waals surface area (Å²) < 4.78 is 15.0. The molecule has 2 amide bonds. The van der Waals surface area contributed by atoms with Gasteiger partial charge in [0, 0.05) is 20.4 Å². The van der Waals surface area contributed by atoms with Crippen molar-refractivity contribution >= 4 is 15.8 Å². The number of hydrogen-bond donors (Lipinski definition) is 2. The van der Waals surface area contributed by atoms with Crippen molar-refractivity contribution < 1.29 is 18.7 Å². The number of ether oxygens (including phenoxy) is 2. The molecule has 0 atom stereocenters. The minimum atomic E-state index is -0.765. The van der Waals surface area contributed by atoms with E-state index in [-0.39, 0.29) is 6.29 Å². The molecule has 7 heteroatoms. The van der Waals surface area contributed by atoms with Gasteiger partial charge in [0.1, 0.15) is 0 Å². The van der Waals surface area contributed by atoms with Crippen LogP contribution in [0.2, 0.25) is 0 Å². The van der Waals surface area contributed by atoms with Crippen LogP contribution in [0, 0.1) is 0 Å². The first kappa shape index (κ1) is 12.4. The number of primary amides is 1. The Bertz CT molecular complexity index is 143. The molecule has 0 aromatic rings. The first-order valence-electron chi connectivity index (χ1n) is 3.87. The summed E-state index contributed by atoms with van der Waals surface area (Å²) in [6.07, 6.45) is 0.191. The molecule has 13 heavy (non-hydrogen) atoms. The molecule has 6 nitrogen and oxygen atoms in total. The average molecular weight is 208 g/mol. The fourth-order valence-corrected chi connectivity index (χ4v) is 1.51. The summed E-state index contributed by atoms with van der Waals surface area (Å²) in [7, 11) is 2.32. The lowest BCUT2D eigenvalue weighted by Crippen LogP contribution is -2.34. The molecule has 3 N–H and O–H groups in total. The summed E-state index contributed by atoms with van der Waals surface area (Å²) in [6.45, 7) is 0.389. The van der Waals surface area contributed by atoms with E-state index in [1.165, 1.54) is 0 Å². The minimum Gasteiger partial charge on any atom is -0.417 e. The summed E-state index contributed by atoms with van der Waals surface area (Å²) in [6, 6.07) is -0.522. The lowest BCUT2D eigenvalue weighted by atomic mass is 10.7. The van der Waals surface area contributed by atoms with Crippen molar-refractivity contribution in [3.8, 4) is 0 Å². The number of nitrogens with one attached hydrogen (secondary N) is 1. The van der Waals surface area contributed by atoms with Crippen molar-refractivity contribution in [2.75, 3.05) is 27.0 Å². The molecule has 78 valence electrons. The SMILES string of the molecule is COC(CO[SiH2]CNC(N)=O)OC. The molecule has 0 aromatic carbocycles. The van der Waals surface area contributed by atoms with Crippen LogP contribution in [0.3, 0.4) is 0 Å². The van der Waals surface area contributed by atoms with E-state index in [1.54, 1.807) is 14.2 Å². The van der Waals surface area contributed by atoms with Gasteiger partial charge >= 0.3 is 6.03 Å². The molecule has 0 aliphatic carbocycles. The van der Waals surface area contributed by atoms with Crippen molar-refractivity contribution in [2.45, 2.75) is 6.29 Å². The normalized spacial score (nSPS) is 11.3. The molecule has 0 unspecified atom stereocenters. The second kappa shape index (κ2) is 7.99. The van der Waals surface area contributed by atoms with Gasteiger partial charge in [0.2, 0.25) is 0 Å². The Morgan fingerprint density at radius 1 is 1.54 bits per heavy atom. The van der Waals surface area contributed by atoms with Crippen LogP contribution in [0.5, 0.6) is 0 Å². The summed E-state index contributed by atoms with van der Waals surface area (Å²) >= 11 is 0. The molecular formula is C6H16N2O4Si. The highest BCUT2D eigenvalue weighted by Gasteiger charge is 2.03. The van der Waals surface area contributed by atoms with E-state index in [0.717, 1.165) is 0 Å². The Balaban J connectivity index is 3.19. The second-order valence-electron chi connectivity index (χ2n) is 2.27. The first-order chi connectivity index (χ1) is 6.20. The maximum Gasteiger partial charge on any atom is 0.311 e. The number of rotatable bonds is 7. The van der Waals surface area contributed by atoms with Crippen LogP contribution in [-0.2, 0) is 13.9 Å². The predicted octanol–water partition coefficient (Wildman–Crippen LogP) is -1.67. The van der Waals surface area contributed by atoms with Crippen LogP contribution in [0.1, 0.15) is 0 Å². The Kier molecular flexibility index (Phi) is 7.60. The summed E-state index contributed by atoms with van der Waals surface area (Å²) in [5, 5.41) is 2.45. The van der Waals surface area contributed by atoms with Gasteiger partial charge in [-0.05, 0) is 0 Å². The third-order valence-electron chi connectivity index (χ3n) is 1.33. The van der Waals surface area contributed by atoms with Gasteiger partial charge in [-0.1, -0.05) is 0 Å². The van der Waals surface area contributed by atoms with Gasteiger partial charge in [-0.2, -0.15) is 0 Å². The Morgan fingerprint density at radius 3 is 2.62 bits per heavy atom. The Labute approximate surface area is 79.7 Å². The quantitative estimate of drug-likeness (QED) is 0.298. The van der Waals surface area contributed by atoms with E-state index in [9.17, 15) is 4.79 Å². The maximum atomic E-state index is 10.2. The highest BCUT2D eigenvalue weighted by atomic mass is 28.2. The van der Waals surface area contributed by atoms with Gasteiger partial charge in [-0.25, -0.2) is 4.79 Å². The highest BCUT2D eigenvalue weighted by molar-refractivity contribution is 6.27. The van der Waals surface area contributed by atoms with Crippen molar-refractivity contribution in [3.63, 3.8) is 0 Å². The lowest BCUT2D eigenvalue weighted by molar-refractivity contribution is -0.121. The molecule has 0 aliphatic rings. The molecule has 0 aromatic heterocycles. The average Bonchev–Trinajstić information content (AvgIpc) is 2.11. The van der Waals surface area contributed by atoms with E-state index in [2.05, 4.69) is 5.32 Å². The zero-order valence-electron chi connectivity index (χ0n) is 7.91. The van der Waals surface area contributed by atoms with E-state index in [1.807, 2.05) is 0 Å². The number of carbonyl (C=O) groups is 1. The molecule has 0 radical (unpaired) electrons. The summed E-state index contributed by atoms with van der Waals surface area (Å²) in [4.78, 5) is 10.2. The largest absolute Gasteiger partial charge is 0.417 e. The van der Waals surface area contributed by atoms with Crippen molar-refractivity contribution in [3.05, 3.63) is 0 Å². The number of carbonyl (C=O) groups excluding carboxylic acids is 1. The fourth-order valence-electron chi connectivity index (χ4n) is 0.658. The van der Waals surface area contributed by atoms with Crippen molar-refractivity contribution in [1.29, 1.82) is 0 Å². The monoisotopic (exact) mass is 208 g/mol. The predicted molar refractivity (Wildman–Crippen MR) is 49.9 cm³/mol. The summed E-state index contributed by atoms with van der Waals surface area (Å²) in [5.41, 5.74) is 4.85. The van der Waals surface area contributed by atoms with E-state index >= 15 is 0 Å².